The average Bonchev–Trinajstić information content (AvgIpc) is 2.95. The molecule has 1 aliphatic heterocycles. The van der Waals surface area contributed by atoms with E-state index < -0.39 is 5.97 Å². The van der Waals surface area contributed by atoms with E-state index in [1.165, 1.54) is 4.90 Å². The Balaban J connectivity index is 1.75. The second kappa shape index (κ2) is 5.63. The lowest BCUT2D eigenvalue weighted by Gasteiger charge is -2.29. The summed E-state index contributed by atoms with van der Waals surface area (Å²) >= 11 is 0. The summed E-state index contributed by atoms with van der Waals surface area (Å²) in [6.07, 6.45) is 3.97. The highest BCUT2D eigenvalue weighted by molar-refractivity contribution is 6.04. The van der Waals surface area contributed by atoms with E-state index >= 15 is 0 Å². The maximum absolute atomic E-state index is 12.0. The van der Waals surface area contributed by atoms with E-state index in [0.717, 1.165) is 25.7 Å². The third-order valence-corrected chi connectivity index (χ3v) is 3.84. The SMILES string of the molecule is Nc1cccc2c1N(CC(=O)OC1CCCC1)C(=O)CO2. The molecule has 6 heteroatoms. The quantitative estimate of drug-likeness (QED) is 0.673. The molecule has 2 aliphatic rings. The molecule has 0 aromatic heterocycles. The smallest absolute Gasteiger partial charge is 0.326 e. The maximum Gasteiger partial charge on any atom is 0.326 e. The molecule has 21 heavy (non-hydrogen) atoms. The predicted molar refractivity (Wildman–Crippen MR) is 77.1 cm³/mol. The highest BCUT2D eigenvalue weighted by atomic mass is 16.5. The Labute approximate surface area is 122 Å². The van der Waals surface area contributed by atoms with Crippen LogP contribution in [0.5, 0.6) is 5.75 Å². The van der Waals surface area contributed by atoms with Crippen molar-refractivity contribution < 1.29 is 19.1 Å². The van der Waals surface area contributed by atoms with E-state index in [9.17, 15) is 9.59 Å². The van der Waals surface area contributed by atoms with Crippen molar-refractivity contribution in [3.05, 3.63) is 18.2 Å². The van der Waals surface area contributed by atoms with Gasteiger partial charge in [0.2, 0.25) is 0 Å². The van der Waals surface area contributed by atoms with Crippen LogP contribution in [-0.4, -0.2) is 31.1 Å². The van der Waals surface area contributed by atoms with Gasteiger partial charge in [-0.2, -0.15) is 0 Å². The molecule has 6 nitrogen and oxygen atoms in total. The van der Waals surface area contributed by atoms with Crippen LogP contribution in [0.3, 0.4) is 0 Å². The number of hydrogen-bond acceptors (Lipinski definition) is 5. The van der Waals surface area contributed by atoms with Crippen molar-refractivity contribution in [2.24, 2.45) is 0 Å². The first-order valence-corrected chi connectivity index (χ1v) is 7.16. The molecule has 0 radical (unpaired) electrons. The molecule has 1 saturated carbocycles. The number of amides is 1. The van der Waals surface area contributed by atoms with Gasteiger partial charge in [0.05, 0.1) is 5.69 Å². The van der Waals surface area contributed by atoms with Crippen LogP contribution in [-0.2, 0) is 14.3 Å². The van der Waals surface area contributed by atoms with Crippen molar-refractivity contribution in [2.45, 2.75) is 31.8 Å². The summed E-state index contributed by atoms with van der Waals surface area (Å²) in [6, 6.07) is 5.16. The summed E-state index contributed by atoms with van der Waals surface area (Å²) in [5, 5.41) is 0. The number of ether oxygens (including phenoxy) is 2. The standard InChI is InChI=1S/C15H18N2O4/c16-11-6-3-7-12-15(11)17(13(18)9-20-12)8-14(19)21-10-4-1-2-5-10/h3,6-7,10H,1-2,4-5,8-9,16H2. The molecule has 0 atom stereocenters. The number of esters is 1. The van der Waals surface area contributed by atoms with E-state index in [0.29, 0.717) is 17.1 Å². The van der Waals surface area contributed by atoms with Crippen LogP contribution in [0.15, 0.2) is 18.2 Å². The molecule has 0 unspecified atom stereocenters. The number of para-hydroxylation sites is 1. The Morgan fingerprint density at radius 1 is 1.38 bits per heavy atom. The number of anilines is 2. The van der Waals surface area contributed by atoms with Crippen LogP contribution in [0.4, 0.5) is 11.4 Å². The molecule has 1 fully saturated rings. The van der Waals surface area contributed by atoms with Gasteiger partial charge >= 0.3 is 5.97 Å². The summed E-state index contributed by atoms with van der Waals surface area (Å²) in [6.45, 7) is -0.215. The second-order valence-corrected chi connectivity index (χ2v) is 5.36. The molecule has 1 aliphatic carbocycles. The van der Waals surface area contributed by atoms with Gasteiger partial charge in [0.1, 0.15) is 24.1 Å². The number of nitrogen functional groups attached to an aromatic ring is 1. The van der Waals surface area contributed by atoms with E-state index in [1.54, 1.807) is 18.2 Å². The molecular formula is C15H18N2O4. The molecule has 1 aromatic carbocycles. The minimum atomic E-state index is -0.397. The van der Waals surface area contributed by atoms with Crippen molar-refractivity contribution >= 4 is 23.3 Å². The Kier molecular flexibility index (Phi) is 3.68. The van der Waals surface area contributed by atoms with Crippen LogP contribution in [0.25, 0.3) is 0 Å². The fourth-order valence-corrected chi connectivity index (χ4v) is 2.81. The van der Waals surface area contributed by atoms with Gasteiger partial charge in [-0.05, 0) is 37.8 Å². The van der Waals surface area contributed by atoms with Gasteiger partial charge in [-0.3, -0.25) is 14.5 Å². The maximum atomic E-state index is 12.0. The lowest BCUT2D eigenvalue weighted by Crippen LogP contribution is -2.43. The third kappa shape index (κ3) is 2.79. The Morgan fingerprint density at radius 3 is 2.90 bits per heavy atom. The largest absolute Gasteiger partial charge is 0.481 e. The fourth-order valence-electron chi connectivity index (χ4n) is 2.81. The number of carbonyl (C=O) groups excluding carboxylic acids is 2. The highest BCUT2D eigenvalue weighted by Crippen LogP contribution is 2.37. The molecule has 3 rings (SSSR count). The molecule has 0 spiro atoms. The zero-order chi connectivity index (χ0) is 14.8. The van der Waals surface area contributed by atoms with Gasteiger partial charge in [-0.1, -0.05) is 6.07 Å². The number of rotatable bonds is 3. The molecule has 1 amide bonds. The van der Waals surface area contributed by atoms with Crippen molar-refractivity contribution in [1.82, 2.24) is 0 Å². The zero-order valence-corrected chi connectivity index (χ0v) is 11.7. The third-order valence-electron chi connectivity index (χ3n) is 3.84. The summed E-state index contributed by atoms with van der Waals surface area (Å²) in [4.78, 5) is 25.4. The van der Waals surface area contributed by atoms with Crippen LogP contribution in [0.1, 0.15) is 25.7 Å². The van der Waals surface area contributed by atoms with Gasteiger partial charge in [0.15, 0.2) is 6.61 Å². The lowest BCUT2D eigenvalue weighted by atomic mass is 10.2. The van der Waals surface area contributed by atoms with E-state index in [4.69, 9.17) is 15.2 Å². The van der Waals surface area contributed by atoms with E-state index in [2.05, 4.69) is 0 Å². The van der Waals surface area contributed by atoms with Gasteiger partial charge in [0, 0.05) is 0 Å². The topological polar surface area (TPSA) is 81.9 Å². The summed E-state index contributed by atoms with van der Waals surface area (Å²) < 4.78 is 10.7. The number of fused-ring (bicyclic) bond motifs is 1. The predicted octanol–water partition coefficient (Wildman–Crippen LogP) is 1.48. The second-order valence-electron chi connectivity index (χ2n) is 5.36. The minimum Gasteiger partial charge on any atom is -0.481 e. The van der Waals surface area contributed by atoms with Crippen molar-refractivity contribution in [1.29, 1.82) is 0 Å². The Hall–Kier alpha value is -2.24. The first-order valence-electron chi connectivity index (χ1n) is 7.16. The fraction of sp³-hybridized carbons (Fsp3) is 0.467. The van der Waals surface area contributed by atoms with Gasteiger partial charge in [-0.15, -0.1) is 0 Å². The summed E-state index contributed by atoms with van der Waals surface area (Å²) in [5.41, 5.74) is 6.77. The van der Waals surface area contributed by atoms with Crippen molar-refractivity contribution in [2.75, 3.05) is 23.8 Å². The zero-order valence-electron chi connectivity index (χ0n) is 11.7. The molecule has 0 bridgehead atoms. The van der Waals surface area contributed by atoms with Crippen molar-refractivity contribution in [3.8, 4) is 5.75 Å². The minimum absolute atomic E-state index is 0.0127. The van der Waals surface area contributed by atoms with Gasteiger partial charge < -0.3 is 15.2 Å². The molecule has 112 valence electrons. The molecule has 1 aromatic rings. The number of hydrogen-bond donors (Lipinski definition) is 1. The first kappa shape index (κ1) is 13.7. The van der Waals surface area contributed by atoms with Crippen LogP contribution < -0.4 is 15.4 Å². The molecule has 1 heterocycles. The van der Waals surface area contributed by atoms with Crippen LogP contribution in [0.2, 0.25) is 0 Å². The average molecular weight is 290 g/mol. The van der Waals surface area contributed by atoms with E-state index in [1.807, 2.05) is 0 Å². The van der Waals surface area contributed by atoms with Gasteiger partial charge in [0.25, 0.3) is 5.91 Å². The number of nitrogens with two attached hydrogens (primary N) is 1. The number of carbonyl (C=O) groups is 2. The molecule has 0 saturated heterocycles. The normalized spacial score (nSPS) is 18.3. The monoisotopic (exact) mass is 290 g/mol. The number of benzene rings is 1. The summed E-state index contributed by atoms with van der Waals surface area (Å²) in [5.74, 6) is -0.168. The highest BCUT2D eigenvalue weighted by Gasteiger charge is 2.30. The Bertz CT molecular complexity index is 567. The first-order chi connectivity index (χ1) is 10.1. The van der Waals surface area contributed by atoms with Crippen LogP contribution in [0, 0.1) is 0 Å². The Morgan fingerprint density at radius 2 is 2.14 bits per heavy atom. The lowest BCUT2D eigenvalue weighted by molar-refractivity contribution is -0.147. The summed E-state index contributed by atoms with van der Waals surface area (Å²) in [7, 11) is 0. The van der Waals surface area contributed by atoms with E-state index in [-0.39, 0.29) is 25.2 Å². The molecular weight excluding hydrogens is 272 g/mol. The van der Waals surface area contributed by atoms with Crippen molar-refractivity contribution in [3.63, 3.8) is 0 Å². The van der Waals surface area contributed by atoms with Gasteiger partial charge in [-0.25, -0.2) is 0 Å². The van der Waals surface area contributed by atoms with Crippen LogP contribution >= 0.6 is 0 Å². The molecule has 2 N–H and O–H groups in total. The number of nitrogens with zero attached hydrogens (tertiary/aromatic N) is 1.